The number of hydrogen-bond acceptors (Lipinski definition) is 5. The Morgan fingerprint density at radius 1 is 1.37 bits per heavy atom. The van der Waals surface area contributed by atoms with E-state index in [0.717, 1.165) is 0 Å². The Labute approximate surface area is 113 Å². The summed E-state index contributed by atoms with van der Waals surface area (Å²) in [5, 5.41) is 21.4. The lowest BCUT2D eigenvalue weighted by Gasteiger charge is -2.12. The van der Waals surface area contributed by atoms with Gasteiger partial charge in [-0.3, -0.25) is 0 Å². The normalized spacial score (nSPS) is 12.9. The fourth-order valence-corrected chi connectivity index (χ4v) is 2.25. The summed E-state index contributed by atoms with van der Waals surface area (Å²) in [6, 6.07) is 8.66. The van der Waals surface area contributed by atoms with Crippen LogP contribution in [-0.4, -0.2) is 38.1 Å². The summed E-state index contributed by atoms with van der Waals surface area (Å²) < 4.78 is 22.5. The molecule has 0 aliphatic carbocycles. The first-order valence-electron chi connectivity index (χ1n) is 6.07. The summed E-state index contributed by atoms with van der Waals surface area (Å²) in [4.78, 5) is 0. The first-order valence-corrected chi connectivity index (χ1v) is 7.90. The van der Waals surface area contributed by atoms with E-state index in [1.807, 2.05) is 6.07 Å². The van der Waals surface area contributed by atoms with Crippen LogP contribution in [0, 0.1) is 11.3 Å². The van der Waals surface area contributed by atoms with Crippen LogP contribution in [0.2, 0.25) is 0 Å². The molecule has 0 radical (unpaired) electrons. The van der Waals surface area contributed by atoms with Crippen molar-refractivity contribution in [3.63, 3.8) is 0 Å². The molecule has 5 nitrogen and oxygen atoms in total. The summed E-state index contributed by atoms with van der Waals surface area (Å²) in [5.41, 5.74) is 1.24. The van der Waals surface area contributed by atoms with Gasteiger partial charge in [0.05, 0.1) is 23.5 Å². The van der Waals surface area contributed by atoms with Gasteiger partial charge in [-0.05, 0) is 17.7 Å². The number of hydrogen-bond donors (Lipinski definition) is 2. The average molecular weight is 282 g/mol. The summed E-state index contributed by atoms with van der Waals surface area (Å²) in [5.74, 6) is 0.205. The Kier molecular flexibility index (Phi) is 5.96. The molecule has 0 heterocycles. The van der Waals surface area contributed by atoms with Gasteiger partial charge in [0, 0.05) is 18.8 Å². The second-order valence-corrected chi connectivity index (χ2v) is 6.66. The monoisotopic (exact) mass is 282 g/mol. The van der Waals surface area contributed by atoms with E-state index in [0.29, 0.717) is 17.7 Å². The van der Waals surface area contributed by atoms with Crippen LogP contribution in [0.15, 0.2) is 24.3 Å². The molecule has 0 bridgehead atoms. The molecule has 0 fully saturated rings. The third-order valence-corrected chi connectivity index (χ3v) is 4.50. The average Bonchev–Trinajstić information content (AvgIpc) is 2.43. The van der Waals surface area contributed by atoms with Gasteiger partial charge in [-0.2, -0.15) is 5.26 Å². The molecule has 0 spiro atoms. The van der Waals surface area contributed by atoms with E-state index >= 15 is 0 Å². The Bertz CT molecular complexity index is 532. The molecule has 1 rings (SSSR count). The van der Waals surface area contributed by atoms with Crippen molar-refractivity contribution in [2.24, 2.45) is 0 Å². The third kappa shape index (κ3) is 5.39. The van der Waals surface area contributed by atoms with Crippen LogP contribution in [-0.2, 0) is 9.84 Å². The van der Waals surface area contributed by atoms with Crippen molar-refractivity contribution in [3.05, 3.63) is 35.4 Å². The van der Waals surface area contributed by atoms with Crippen molar-refractivity contribution in [1.82, 2.24) is 5.32 Å². The van der Waals surface area contributed by atoms with Crippen molar-refractivity contribution < 1.29 is 13.5 Å². The topological polar surface area (TPSA) is 90.2 Å². The molecular formula is C13H18N2O3S. The predicted molar refractivity (Wildman–Crippen MR) is 73.3 cm³/mol. The maximum atomic E-state index is 11.3. The molecule has 2 N–H and O–H groups in total. The van der Waals surface area contributed by atoms with E-state index in [1.54, 1.807) is 31.2 Å². The van der Waals surface area contributed by atoms with Gasteiger partial charge < -0.3 is 10.4 Å². The highest BCUT2D eigenvalue weighted by molar-refractivity contribution is 7.91. The van der Waals surface area contributed by atoms with E-state index in [-0.39, 0.29) is 18.1 Å². The number of sulfone groups is 1. The first-order chi connectivity index (χ1) is 8.98. The number of benzene rings is 1. The highest BCUT2D eigenvalue weighted by Gasteiger charge is 2.09. The number of rotatable bonds is 7. The lowest BCUT2D eigenvalue weighted by Crippen LogP contribution is -2.27. The van der Waals surface area contributed by atoms with Gasteiger partial charge in [-0.25, -0.2) is 8.42 Å². The third-order valence-electron chi connectivity index (χ3n) is 2.79. The lowest BCUT2D eigenvalue weighted by molar-refractivity contribution is 0.175. The standard InChI is InChI=1S/C13H18N2O3S/c1-2-19(17,18)8-7-15-10-13(16)12-5-3-11(9-14)4-6-12/h3-6,13,15-16H,2,7-8,10H2,1H3. The van der Waals surface area contributed by atoms with Crippen LogP contribution in [0.1, 0.15) is 24.2 Å². The number of nitrogens with one attached hydrogen (secondary N) is 1. The molecule has 1 unspecified atom stereocenters. The molecule has 0 aromatic heterocycles. The van der Waals surface area contributed by atoms with Crippen molar-refractivity contribution in [1.29, 1.82) is 5.26 Å². The smallest absolute Gasteiger partial charge is 0.151 e. The lowest BCUT2D eigenvalue weighted by atomic mass is 10.1. The molecule has 0 aliphatic rings. The molecule has 0 saturated carbocycles. The zero-order valence-electron chi connectivity index (χ0n) is 10.8. The molecule has 0 saturated heterocycles. The van der Waals surface area contributed by atoms with E-state index < -0.39 is 15.9 Å². The summed E-state index contributed by atoms with van der Waals surface area (Å²) in [6.45, 7) is 2.22. The molecule has 1 aromatic rings. The van der Waals surface area contributed by atoms with Crippen LogP contribution in [0.5, 0.6) is 0 Å². The number of nitrogens with zero attached hydrogens (tertiary/aromatic N) is 1. The second-order valence-electron chi connectivity index (χ2n) is 4.19. The quantitative estimate of drug-likeness (QED) is 0.715. The minimum Gasteiger partial charge on any atom is -0.387 e. The highest BCUT2D eigenvalue weighted by atomic mass is 32.2. The van der Waals surface area contributed by atoms with Gasteiger partial charge in [-0.1, -0.05) is 19.1 Å². The van der Waals surface area contributed by atoms with E-state index in [2.05, 4.69) is 5.32 Å². The fraction of sp³-hybridized carbons (Fsp3) is 0.462. The first kappa shape index (κ1) is 15.6. The summed E-state index contributed by atoms with van der Waals surface area (Å²) >= 11 is 0. The van der Waals surface area contributed by atoms with Gasteiger partial charge in [0.25, 0.3) is 0 Å². The van der Waals surface area contributed by atoms with E-state index in [1.165, 1.54) is 0 Å². The fourth-order valence-electron chi connectivity index (χ4n) is 1.51. The van der Waals surface area contributed by atoms with Crippen molar-refractivity contribution in [3.8, 4) is 6.07 Å². The number of aliphatic hydroxyl groups is 1. The minimum absolute atomic E-state index is 0.0730. The maximum Gasteiger partial charge on any atom is 0.151 e. The molecule has 19 heavy (non-hydrogen) atoms. The predicted octanol–water partition coefficient (Wildman–Crippen LogP) is 0.616. The summed E-state index contributed by atoms with van der Waals surface area (Å²) in [7, 11) is -2.97. The molecule has 1 atom stereocenters. The van der Waals surface area contributed by atoms with Gasteiger partial charge in [0.1, 0.15) is 0 Å². The Morgan fingerprint density at radius 2 is 2.00 bits per heavy atom. The Hall–Kier alpha value is -1.42. The molecule has 104 valence electrons. The SMILES string of the molecule is CCS(=O)(=O)CCNCC(O)c1ccc(C#N)cc1. The molecule has 6 heteroatoms. The number of aliphatic hydroxyl groups excluding tert-OH is 1. The van der Waals surface area contributed by atoms with Gasteiger partial charge in [0.2, 0.25) is 0 Å². The Balaban J connectivity index is 2.39. The van der Waals surface area contributed by atoms with Crippen LogP contribution < -0.4 is 5.32 Å². The zero-order chi connectivity index (χ0) is 14.3. The minimum atomic E-state index is -2.97. The molecular weight excluding hydrogens is 264 g/mol. The second kappa shape index (κ2) is 7.24. The van der Waals surface area contributed by atoms with Crippen molar-refractivity contribution in [2.45, 2.75) is 13.0 Å². The molecule has 0 aliphatic heterocycles. The van der Waals surface area contributed by atoms with Gasteiger partial charge in [0.15, 0.2) is 9.84 Å². The number of nitriles is 1. The Morgan fingerprint density at radius 3 is 2.53 bits per heavy atom. The maximum absolute atomic E-state index is 11.3. The van der Waals surface area contributed by atoms with E-state index in [9.17, 15) is 13.5 Å². The molecule has 0 amide bonds. The highest BCUT2D eigenvalue weighted by Crippen LogP contribution is 2.12. The van der Waals surface area contributed by atoms with Crippen LogP contribution in [0.3, 0.4) is 0 Å². The van der Waals surface area contributed by atoms with Gasteiger partial charge in [-0.15, -0.1) is 0 Å². The summed E-state index contributed by atoms with van der Waals surface area (Å²) in [6.07, 6.45) is -0.711. The van der Waals surface area contributed by atoms with Crippen LogP contribution in [0.25, 0.3) is 0 Å². The van der Waals surface area contributed by atoms with Crippen LogP contribution in [0.4, 0.5) is 0 Å². The zero-order valence-corrected chi connectivity index (χ0v) is 11.7. The largest absolute Gasteiger partial charge is 0.387 e. The van der Waals surface area contributed by atoms with Crippen LogP contribution >= 0.6 is 0 Å². The van der Waals surface area contributed by atoms with Crippen molar-refractivity contribution in [2.75, 3.05) is 24.6 Å². The van der Waals surface area contributed by atoms with Crippen molar-refractivity contribution >= 4 is 9.84 Å². The van der Waals surface area contributed by atoms with E-state index in [4.69, 9.17) is 5.26 Å². The van der Waals surface area contributed by atoms with Gasteiger partial charge >= 0.3 is 0 Å². The molecule has 1 aromatic carbocycles.